The molecular formula is C23H28N2O6S2. The van der Waals surface area contributed by atoms with Gasteiger partial charge in [0.1, 0.15) is 16.6 Å². The Bertz CT molecular complexity index is 1150. The molecule has 1 aliphatic rings. The van der Waals surface area contributed by atoms with Crippen molar-refractivity contribution in [2.45, 2.75) is 31.0 Å². The van der Waals surface area contributed by atoms with E-state index in [1.54, 1.807) is 49.1 Å². The van der Waals surface area contributed by atoms with E-state index < -0.39 is 16.0 Å². The van der Waals surface area contributed by atoms with Crippen molar-refractivity contribution in [1.29, 1.82) is 0 Å². The third-order valence-corrected chi connectivity index (χ3v) is 9.19. The minimum atomic E-state index is -3.86. The van der Waals surface area contributed by atoms with E-state index in [1.807, 2.05) is 0 Å². The van der Waals surface area contributed by atoms with Gasteiger partial charge in [-0.2, -0.15) is 4.31 Å². The molecule has 1 aliphatic heterocycles. The molecule has 0 aliphatic carbocycles. The summed E-state index contributed by atoms with van der Waals surface area (Å²) >= 11 is 1.04. The molecule has 3 rings (SSSR count). The summed E-state index contributed by atoms with van der Waals surface area (Å²) in [7, 11) is -2.63. The summed E-state index contributed by atoms with van der Waals surface area (Å²) in [6, 6.07) is 6.90. The average molecular weight is 493 g/mol. The molecule has 8 nitrogen and oxygen atoms in total. The van der Waals surface area contributed by atoms with Crippen LogP contribution in [0.15, 0.2) is 41.1 Å². The molecule has 0 saturated carbocycles. The summed E-state index contributed by atoms with van der Waals surface area (Å²) in [5.74, 6) is -0.300. The van der Waals surface area contributed by atoms with Gasteiger partial charge in [-0.25, -0.2) is 13.2 Å². The van der Waals surface area contributed by atoms with Crippen molar-refractivity contribution in [3.8, 4) is 5.75 Å². The lowest BCUT2D eigenvalue weighted by molar-refractivity contribution is 0.0595. The lowest BCUT2D eigenvalue weighted by Gasteiger charge is -2.27. The number of fused-ring (bicyclic) bond motifs is 1. The fraction of sp³-hybridized carbons (Fsp3) is 0.391. The van der Waals surface area contributed by atoms with E-state index in [0.717, 1.165) is 11.3 Å². The molecule has 1 amide bonds. The molecule has 0 atom stereocenters. The van der Waals surface area contributed by atoms with E-state index >= 15 is 0 Å². The summed E-state index contributed by atoms with van der Waals surface area (Å²) in [5, 5.41) is 0. The van der Waals surface area contributed by atoms with Crippen LogP contribution in [0.25, 0.3) is 0 Å². The van der Waals surface area contributed by atoms with Crippen LogP contribution < -0.4 is 4.74 Å². The first-order chi connectivity index (χ1) is 15.8. The Morgan fingerprint density at radius 3 is 2.64 bits per heavy atom. The summed E-state index contributed by atoms with van der Waals surface area (Å²) in [5.41, 5.74) is 1.21. The van der Waals surface area contributed by atoms with Crippen LogP contribution in [0.1, 0.15) is 45.0 Å². The lowest BCUT2D eigenvalue weighted by Crippen LogP contribution is -2.35. The van der Waals surface area contributed by atoms with E-state index in [-0.39, 0.29) is 35.3 Å². The predicted octanol–water partition coefficient (Wildman–Crippen LogP) is 3.33. The van der Waals surface area contributed by atoms with E-state index in [0.29, 0.717) is 41.3 Å². The third-order valence-electron chi connectivity index (χ3n) is 5.43. The van der Waals surface area contributed by atoms with E-state index in [9.17, 15) is 18.0 Å². The number of rotatable bonds is 9. The van der Waals surface area contributed by atoms with Crippen LogP contribution in [0.3, 0.4) is 0 Å². The highest BCUT2D eigenvalue weighted by Gasteiger charge is 2.37. The molecular weight excluding hydrogens is 464 g/mol. The molecule has 0 saturated heterocycles. The average Bonchev–Trinajstić information content (AvgIpc) is 3.22. The summed E-state index contributed by atoms with van der Waals surface area (Å²) in [6.45, 7) is 8.60. The van der Waals surface area contributed by atoms with Crippen molar-refractivity contribution in [3.05, 3.63) is 58.5 Å². The predicted molar refractivity (Wildman–Crippen MR) is 126 cm³/mol. The van der Waals surface area contributed by atoms with Crippen molar-refractivity contribution >= 4 is 33.2 Å². The zero-order valence-electron chi connectivity index (χ0n) is 19.0. The maximum absolute atomic E-state index is 13.2. The van der Waals surface area contributed by atoms with Gasteiger partial charge in [0.15, 0.2) is 0 Å². The highest BCUT2D eigenvalue weighted by atomic mass is 32.2. The number of esters is 1. The Balaban J connectivity index is 1.95. The number of nitrogens with zero attached hydrogens (tertiary/aromatic N) is 2. The molecule has 0 unspecified atom stereocenters. The van der Waals surface area contributed by atoms with Crippen molar-refractivity contribution < 1.29 is 27.5 Å². The quantitative estimate of drug-likeness (QED) is 0.394. The number of benzene rings is 1. The van der Waals surface area contributed by atoms with Crippen LogP contribution >= 0.6 is 11.3 Å². The number of thiophene rings is 1. The number of carbonyl (C=O) groups excluding carboxylic acids is 2. The maximum Gasteiger partial charge on any atom is 0.340 e. The molecule has 0 radical (unpaired) electrons. The number of hydrogen-bond acceptors (Lipinski definition) is 7. The first-order valence-electron chi connectivity index (χ1n) is 10.6. The van der Waals surface area contributed by atoms with Crippen LogP contribution in [-0.2, 0) is 27.7 Å². The van der Waals surface area contributed by atoms with Gasteiger partial charge >= 0.3 is 5.97 Å². The summed E-state index contributed by atoms with van der Waals surface area (Å²) in [4.78, 5) is 28.1. The minimum Gasteiger partial charge on any atom is -0.490 e. The highest BCUT2D eigenvalue weighted by Crippen LogP contribution is 2.38. The minimum absolute atomic E-state index is 0.0165. The van der Waals surface area contributed by atoms with Gasteiger partial charge in [-0.05, 0) is 30.2 Å². The second-order valence-electron chi connectivity index (χ2n) is 7.35. The molecule has 10 heteroatoms. The fourth-order valence-electron chi connectivity index (χ4n) is 3.78. The van der Waals surface area contributed by atoms with Crippen LogP contribution in [0.2, 0.25) is 0 Å². The second-order valence-corrected chi connectivity index (χ2v) is 10.6. The largest absolute Gasteiger partial charge is 0.490 e. The van der Waals surface area contributed by atoms with Crippen molar-refractivity contribution in [2.24, 2.45) is 0 Å². The molecule has 1 aromatic heterocycles. The SMILES string of the molecule is C=CCOc1cccc(C(=O)N2CCc3c(sc(S(=O)(=O)N(CC)CC)c3C(=O)OC)C2)c1. The van der Waals surface area contributed by atoms with E-state index in [2.05, 4.69) is 6.58 Å². The number of sulfonamides is 1. The molecule has 1 aromatic carbocycles. The van der Waals surface area contributed by atoms with Crippen molar-refractivity contribution in [2.75, 3.05) is 33.4 Å². The van der Waals surface area contributed by atoms with Gasteiger partial charge in [-0.15, -0.1) is 11.3 Å². The van der Waals surface area contributed by atoms with Crippen molar-refractivity contribution in [3.63, 3.8) is 0 Å². The molecule has 2 heterocycles. The smallest absolute Gasteiger partial charge is 0.340 e. The highest BCUT2D eigenvalue weighted by molar-refractivity contribution is 7.91. The number of carbonyl (C=O) groups is 2. The Morgan fingerprint density at radius 1 is 1.27 bits per heavy atom. The molecule has 0 fully saturated rings. The zero-order valence-corrected chi connectivity index (χ0v) is 20.6. The Morgan fingerprint density at radius 2 is 2.00 bits per heavy atom. The van der Waals surface area contributed by atoms with Crippen LogP contribution in [-0.4, -0.2) is 62.9 Å². The normalized spacial score (nSPS) is 13.5. The van der Waals surface area contributed by atoms with Gasteiger partial charge in [-0.1, -0.05) is 32.6 Å². The zero-order chi connectivity index (χ0) is 24.2. The van der Waals surface area contributed by atoms with Gasteiger partial charge in [0.05, 0.1) is 19.2 Å². The Kier molecular flexibility index (Phi) is 7.93. The summed E-state index contributed by atoms with van der Waals surface area (Å²) in [6.07, 6.45) is 1.99. The molecule has 0 bridgehead atoms. The Hall–Kier alpha value is -2.69. The number of methoxy groups -OCH3 is 1. The van der Waals surface area contributed by atoms with E-state index in [1.165, 1.54) is 11.4 Å². The number of ether oxygens (including phenoxy) is 2. The van der Waals surface area contributed by atoms with Crippen LogP contribution in [0.4, 0.5) is 0 Å². The first-order valence-corrected chi connectivity index (χ1v) is 12.9. The van der Waals surface area contributed by atoms with Gasteiger partial charge < -0.3 is 14.4 Å². The van der Waals surface area contributed by atoms with Gasteiger partial charge in [0, 0.05) is 30.1 Å². The first kappa shape index (κ1) is 24.9. The number of hydrogen-bond donors (Lipinski definition) is 0. The monoisotopic (exact) mass is 492 g/mol. The summed E-state index contributed by atoms with van der Waals surface area (Å²) < 4.78 is 38.2. The molecule has 178 valence electrons. The topological polar surface area (TPSA) is 93.2 Å². The molecule has 33 heavy (non-hydrogen) atoms. The van der Waals surface area contributed by atoms with Crippen molar-refractivity contribution in [1.82, 2.24) is 9.21 Å². The maximum atomic E-state index is 13.2. The van der Waals surface area contributed by atoms with Gasteiger partial charge in [-0.3, -0.25) is 4.79 Å². The second kappa shape index (κ2) is 10.5. The molecule has 0 spiro atoms. The van der Waals surface area contributed by atoms with Gasteiger partial charge in [0.25, 0.3) is 15.9 Å². The van der Waals surface area contributed by atoms with Crippen LogP contribution in [0, 0.1) is 0 Å². The fourth-order valence-corrected chi connectivity index (χ4v) is 7.28. The number of amides is 1. The van der Waals surface area contributed by atoms with Gasteiger partial charge in [0.2, 0.25) is 0 Å². The molecule has 2 aromatic rings. The standard InChI is InChI=1S/C23H28N2O6S2/c1-5-13-31-17-10-8-9-16(14-17)21(26)24-12-11-18-19(15-24)32-23(20(18)22(27)30-4)33(28,29)25(6-2)7-3/h5,8-10,14H,1,6-7,11-13,15H2,2-4H3. The Labute approximate surface area is 198 Å². The van der Waals surface area contributed by atoms with E-state index in [4.69, 9.17) is 9.47 Å². The molecule has 0 N–H and O–H groups in total. The van der Waals surface area contributed by atoms with Crippen LogP contribution in [0.5, 0.6) is 5.75 Å². The third kappa shape index (κ3) is 4.97. The lowest BCUT2D eigenvalue weighted by atomic mass is 10.0.